The van der Waals surface area contributed by atoms with Crippen LogP contribution < -0.4 is 16.0 Å². The van der Waals surface area contributed by atoms with Gasteiger partial charge in [-0.15, -0.1) is 0 Å². The number of carbonyl (C=O) groups is 3. The summed E-state index contributed by atoms with van der Waals surface area (Å²) >= 11 is 0. The molecule has 3 amide bonds. The average molecular weight is 1420 g/mol. The Hall–Kier alpha value is -3.03. The van der Waals surface area contributed by atoms with E-state index in [1.807, 2.05) is 0 Å². The molecule has 42 nitrogen and oxygen atoms in total. The first kappa shape index (κ1) is 79.7. The second-order valence-electron chi connectivity index (χ2n) is 24.8. The molecule has 8 fully saturated rings. The SMILES string of the molecule is CO[C@H]1O[C@H](CO[C@@H]2O[C@H](CO)[C@@H](O[C@@H]3O[C@H](CO)[C@H](O)[C@H](O[C@@H]4O[C@H](CO)[C@@H](O[C@@H]5O[C@H](CO)[C@H](O)[C@H](O)[C@H]5O)[C@H](O[C@@H]5O[C@@H](C)[C@@H](O)[C@@H](O)[C@@H]5O)[C@H]4NC(C)=O)[C@H]3O)[C@H](O[C@@H]3O[C@@H](C)[C@@H](O)[C@@H](O)[C@@H]3O)[C@H]2NC(C)=O)[C@H](O)[C@H](O[C@@H]2O[C@H](CO)[C@H](O)[C@H](O)[C@H]2O)[C@H]1NC(C)=O. The number of methoxy groups -OCH3 is 1. The molecule has 97 heavy (non-hydrogen) atoms. The maximum atomic E-state index is 13.4. The molecule has 0 unspecified atom stereocenters. The lowest BCUT2D eigenvalue weighted by atomic mass is 9.93. The fourth-order valence-electron chi connectivity index (χ4n) is 12.7. The van der Waals surface area contributed by atoms with Gasteiger partial charge < -0.3 is 194 Å². The van der Waals surface area contributed by atoms with E-state index in [0.717, 1.165) is 27.9 Å². The highest BCUT2D eigenvalue weighted by atomic mass is 16.8. The van der Waals surface area contributed by atoms with Gasteiger partial charge in [0.05, 0.1) is 51.8 Å². The van der Waals surface area contributed by atoms with Gasteiger partial charge in [0.25, 0.3) is 0 Å². The molecule has 0 bridgehead atoms. The topological polar surface area (TPSA) is 640 Å². The lowest BCUT2D eigenvalue weighted by molar-refractivity contribution is -0.395. The molecular weight excluding hydrogens is 1330 g/mol. The van der Waals surface area contributed by atoms with Crippen molar-refractivity contribution in [3.63, 3.8) is 0 Å². The molecule has 0 aliphatic carbocycles. The summed E-state index contributed by atoms with van der Waals surface area (Å²) in [6.45, 7) is -0.468. The Labute approximate surface area is 551 Å². The van der Waals surface area contributed by atoms with E-state index in [9.17, 15) is 117 Å². The fourth-order valence-corrected chi connectivity index (χ4v) is 12.7. The monoisotopic (exact) mass is 1420 g/mol. The third kappa shape index (κ3) is 17.5. The van der Waals surface area contributed by atoms with Crippen molar-refractivity contribution in [3.8, 4) is 0 Å². The van der Waals surface area contributed by atoms with Crippen LogP contribution in [0.1, 0.15) is 34.6 Å². The molecule has 0 saturated carbocycles. The minimum absolute atomic E-state index is 0.719. The maximum Gasteiger partial charge on any atom is 0.217 e. The first-order valence-corrected chi connectivity index (χ1v) is 31.2. The summed E-state index contributed by atoms with van der Waals surface area (Å²) in [6.07, 6.45) is -70.6. The highest BCUT2D eigenvalue weighted by Crippen LogP contribution is 2.40. The van der Waals surface area contributed by atoms with Gasteiger partial charge in [0, 0.05) is 27.9 Å². The van der Waals surface area contributed by atoms with Gasteiger partial charge in [-0.2, -0.15) is 0 Å². The number of hydrogen-bond acceptors (Lipinski definition) is 39. The van der Waals surface area contributed by atoms with Gasteiger partial charge in [-0.05, 0) is 13.8 Å². The van der Waals surface area contributed by atoms with Gasteiger partial charge in [-0.25, -0.2) is 0 Å². The molecule has 0 aromatic rings. The first-order valence-electron chi connectivity index (χ1n) is 31.2. The second kappa shape index (κ2) is 34.5. The Morgan fingerprint density at radius 2 is 0.588 bits per heavy atom. The largest absolute Gasteiger partial charge is 0.394 e. The van der Waals surface area contributed by atoms with Crippen LogP contribution in [0, 0.1) is 0 Å². The highest BCUT2D eigenvalue weighted by molar-refractivity contribution is 5.74. The number of amides is 3. The molecule has 8 aliphatic heterocycles. The molecule has 42 heteroatoms. The summed E-state index contributed by atoms with van der Waals surface area (Å²) in [5, 5.41) is 227. The van der Waals surface area contributed by atoms with Gasteiger partial charge >= 0.3 is 0 Å². The normalized spacial score (nSPS) is 49.9. The Morgan fingerprint density at radius 3 is 0.979 bits per heavy atom. The van der Waals surface area contributed by atoms with Crippen molar-refractivity contribution in [1.82, 2.24) is 16.0 Å². The predicted molar refractivity (Wildman–Crippen MR) is 301 cm³/mol. The van der Waals surface area contributed by atoms with Crippen molar-refractivity contribution in [2.45, 2.75) is 280 Å². The lowest BCUT2D eigenvalue weighted by Crippen LogP contribution is -2.72. The van der Waals surface area contributed by atoms with E-state index in [2.05, 4.69) is 16.0 Å². The Morgan fingerprint density at radius 1 is 0.299 bits per heavy atom. The molecule has 0 aromatic heterocycles. The van der Waals surface area contributed by atoms with Crippen LogP contribution in [0.2, 0.25) is 0 Å². The van der Waals surface area contributed by atoms with E-state index in [1.54, 1.807) is 0 Å². The van der Waals surface area contributed by atoms with E-state index in [0.29, 0.717) is 0 Å². The van der Waals surface area contributed by atoms with Crippen molar-refractivity contribution in [1.29, 1.82) is 0 Å². The van der Waals surface area contributed by atoms with E-state index >= 15 is 0 Å². The third-order valence-corrected chi connectivity index (χ3v) is 18.0. The number of nitrogens with one attached hydrogen (secondary N) is 3. The van der Waals surface area contributed by atoms with Gasteiger partial charge in [0.1, 0.15) is 183 Å². The molecule has 0 aromatic carbocycles. The molecular formula is C55H93N3O39. The van der Waals surface area contributed by atoms with Crippen LogP contribution in [0.25, 0.3) is 0 Å². The van der Waals surface area contributed by atoms with E-state index in [-0.39, 0.29) is 0 Å². The summed E-state index contributed by atoms with van der Waals surface area (Å²) in [4.78, 5) is 39.2. The molecule has 562 valence electrons. The summed E-state index contributed by atoms with van der Waals surface area (Å²) in [5.74, 6) is -2.54. The van der Waals surface area contributed by atoms with Crippen LogP contribution in [-0.2, 0) is 90.2 Å². The molecule has 8 rings (SSSR count). The van der Waals surface area contributed by atoms with Crippen LogP contribution in [0.4, 0.5) is 0 Å². The van der Waals surface area contributed by atoms with Crippen LogP contribution in [0.3, 0.4) is 0 Å². The number of aliphatic hydroxyl groups is 20. The van der Waals surface area contributed by atoms with E-state index in [4.69, 9.17) is 75.8 Å². The molecule has 0 radical (unpaired) electrons. The van der Waals surface area contributed by atoms with Crippen LogP contribution in [0.5, 0.6) is 0 Å². The molecule has 8 aliphatic rings. The quantitative estimate of drug-likeness (QED) is 0.0427. The number of aliphatic hydroxyl groups excluding tert-OH is 20. The van der Waals surface area contributed by atoms with Crippen LogP contribution in [-0.4, -0.2) is 412 Å². The number of hydrogen-bond donors (Lipinski definition) is 23. The van der Waals surface area contributed by atoms with E-state index < -0.39 is 303 Å². The summed E-state index contributed by atoms with van der Waals surface area (Å²) in [5.41, 5.74) is 0. The smallest absolute Gasteiger partial charge is 0.217 e. The van der Waals surface area contributed by atoms with Crippen molar-refractivity contribution < 1.29 is 192 Å². The summed E-state index contributed by atoms with van der Waals surface area (Å²) in [7, 11) is 1.13. The standard InChI is InChI=1S/C55H93N3O39/c1-13-27(67)33(73)37(77)51(84-13)95-45-25(57-16(4)65)49(83-12-23-32(72)44(24(56-15(3)64)48(82-6)91-23)94-54-40(80)36(76)30(70)19(8-60)87-54)89-21(10-62)42(45)93-55-41(81)47(31(71)20(9-61)88-55)97-50-26(58-17(5)66)46(96-52-38(78)34(74)28(68)14(2)85-52)43(22(11-63)90-50)92-53-39(79)35(75)29(69)18(7-59)86-53/h13-14,18-55,59-63,67-81H,7-12H2,1-6H3,(H,56,64)(H,57,65)(H,58,66)/t13-,14-,18+,19+,20+,21+,22+,23+,24+,25+,26+,27+,28+,29-,30-,31-,32-,33+,34+,35-,36-,37-,38-,39+,40+,41+,42+,43+,44+,45+,46+,47-,48-,49+,50-,51-,52-,53-,54-,55-/m0/s1. The minimum atomic E-state index is -2.39. The second-order valence-corrected chi connectivity index (χ2v) is 24.8. The zero-order chi connectivity index (χ0) is 71.5. The third-order valence-electron chi connectivity index (χ3n) is 18.0. The minimum Gasteiger partial charge on any atom is -0.394 e. The van der Waals surface area contributed by atoms with Crippen molar-refractivity contribution >= 4 is 17.7 Å². The number of ether oxygens (including phenoxy) is 16. The Bertz CT molecular complexity index is 2490. The van der Waals surface area contributed by atoms with Gasteiger partial charge in [-0.1, -0.05) is 0 Å². The summed E-state index contributed by atoms with van der Waals surface area (Å²) < 4.78 is 95.8. The van der Waals surface area contributed by atoms with Crippen molar-refractivity contribution in [2.24, 2.45) is 0 Å². The maximum absolute atomic E-state index is 13.4. The zero-order valence-corrected chi connectivity index (χ0v) is 53.0. The van der Waals surface area contributed by atoms with Crippen LogP contribution >= 0.6 is 0 Å². The lowest BCUT2D eigenvalue weighted by Gasteiger charge is -2.52. The summed E-state index contributed by atoms with van der Waals surface area (Å²) in [6, 6.07) is -5.18. The van der Waals surface area contributed by atoms with Crippen molar-refractivity contribution in [3.05, 3.63) is 0 Å². The number of carbonyl (C=O) groups excluding carboxylic acids is 3. The van der Waals surface area contributed by atoms with Crippen molar-refractivity contribution in [2.75, 3.05) is 46.8 Å². The number of rotatable bonds is 24. The molecule has 8 heterocycles. The fraction of sp³-hybridized carbons (Fsp3) is 0.945. The van der Waals surface area contributed by atoms with Gasteiger partial charge in [0.15, 0.2) is 50.3 Å². The first-order chi connectivity index (χ1) is 45.8. The zero-order valence-electron chi connectivity index (χ0n) is 53.0. The van der Waals surface area contributed by atoms with E-state index in [1.165, 1.54) is 13.8 Å². The van der Waals surface area contributed by atoms with Gasteiger partial charge in [0.2, 0.25) is 17.7 Å². The molecule has 23 N–H and O–H groups in total. The highest BCUT2D eigenvalue weighted by Gasteiger charge is 2.60. The molecule has 0 spiro atoms. The van der Waals surface area contributed by atoms with Gasteiger partial charge in [-0.3, -0.25) is 14.4 Å². The molecule has 8 saturated heterocycles. The predicted octanol–water partition coefficient (Wildman–Crippen LogP) is -15.3. The Balaban J connectivity index is 1.12. The van der Waals surface area contributed by atoms with Crippen LogP contribution in [0.15, 0.2) is 0 Å². The Kier molecular flexibility index (Phi) is 28.3. The molecule has 40 atom stereocenters. The average Bonchev–Trinajstić information content (AvgIpc) is 0.773.